The van der Waals surface area contributed by atoms with Crippen LogP contribution in [0.3, 0.4) is 0 Å². The monoisotopic (exact) mass is 554 g/mol. The van der Waals surface area contributed by atoms with E-state index in [-0.39, 0.29) is 40.5 Å². The lowest BCUT2D eigenvalue weighted by molar-refractivity contribution is -0.149. The average molecular weight is 555 g/mol. The zero-order valence-electron chi connectivity index (χ0n) is 20.6. The predicted octanol–water partition coefficient (Wildman–Crippen LogP) is 4.89. The van der Waals surface area contributed by atoms with Gasteiger partial charge in [-0.15, -0.1) is 11.3 Å². The number of nitrogens with one attached hydrogen (secondary N) is 3. The smallest absolute Gasteiger partial charge is 0.324 e. The zero-order chi connectivity index (χ0) is 26.8. The molecule has 1 unspecified atom stereocenters. The number of nitrogens with zero attached hydrogens (tertiary/aromatic N) is 1. The van der Waals surface area contributed by atoms with E-state index < -0.39 is 29.4 Å². The van der Waals surface area contributed by atoms with E-state index in [0.717, 1.165) is 4.88 Å². The summed E-state index contributed by atoms with van der Waals surface area (Å²) in [4.78, 5) is 53.7. The third-order valence-corrected chi connectivity index (χ3v) is 8.09. The molecule has 194 valence electrons. The number of hydrogen-bond donors (Lipinski definition) is 3. The van der Waals surface area contributed by atoms with Gasteiger partial charge in [0, 0.05) is 18.0 Å². The zero-order valence-corrected chi connectivity index (χ0v) is 22.9. The van der Waals surface area contributed by atoms with Crippen molar-refractivity contribution >= 4 is 69.0 Å². The lowest BCUT2D eigenvalue weighted by Crippen LogP contribution is -2.65. The number of esters is 1. The van der Waals surface area contributed by atoms with Crippen molar-refractivity contribution in [3.05, 3.63) is 44.8 Å². The van der Waals surface area contributed by atoms with Gasteiger partial charge >= 0.3 is 12.0 Å². The standard InChI is InChI=1S/C24H28Cl2N4O5S/c1-23(2,3)16-11-13(19(36-16)29-22(34)28-15-8-6-7-14(25)18(15)26)20(32)30-10-9-27-21(33)24(30,4)12-17(31)35-5/h6-8,11H,9-10,12H2,1-5H3,(H,27,33)(H2,28,29,34). The molecule has 1 saturated heterocycles. The van der Waals surface area contributed by atoms with E-state index in [9.17, 15) is 19.2 Å². The molecule has 0 spiro atoms. The number of thiophene rings is 1. The quantitative estimate of drug-likeness (QED) is 0.455. The first-order valence-corrected chi connectivity index (χ1v) is 12.7. The van der Waals surface area contributed by atoms with Crippen molar-refractivity contribution < 1.29 is 23.9 Å². The van der Waals surface area contributed by atoms with Gasteiger partial charge < -0.3 is 20.3 Å². The SMILES string of the molecule is COC(=O)CC1(C)C(=O)NCCN1C(=O)c1cc(C(C)(C)C)sc1NC(=O)Nc1cccc(Cl)c1Cl. The number of methoxy groups -OCH3 is 1. The van der Waals surface area contributed by atoms with Crippen molar-refractivity contribution in [2.45, 2.75) is 45.1 Å². The summed E-state index contributed by atoms with van der Waals surface area (Å²) in [5.41, 5.74) is -1.26. The van der Waals surface area contributed by atoms with Crippen molar-refractivity contribution in [3.63, 3.8) is 0 Å². The normalized spacial score (nSPS) is 17.9. The molecule has 0 saturated carbocycles. The maximum Gasteiger partial charge on any atom is 0.324 e. The Morgan fingerprint density at radius 2 is 1.92 bits per heavy atom. The summed E-state index contributed by atoms with van der Waals surface area (Å²) in [5, 5.41) is 8.85. The summed E-state index contributed by atoms with van der Waals surface area (Å²) in [6.45, 7) is 7.89. The summed E-state index contributed by atoms with van der Waals surface area (Å²) in [6, 6.07) is 5.92. The molecule has 1 aliphatic heterocycles. The second-order valence-corrected chi connectivity index (χ2v) is 11.4. The number of hydrogen-bond acceptors (Lipinski definition) is 6. The van der Waals surface area contributed by atoms with Gasteiger partial charge in [0.05, 0.1) is 34.8 Å². The minimum atomic E-state index is -1.46. The Hall–Kier alpha value is -2.82. The minimum absolute atomic E-state index is 0.183. The van der Waals surface area contributed by atoms with Crippen LogP contribution in [0, 0.1) is 0 Å². The Bertz CT molecular complexity index is 1210. The first-order chi connectivity index (χ1) is 16.8. The van der Waals surface area contributed by atoms with Gasteiger partial charge in [-0.05, 0) is 30.5 Å². The molecule has 3 N–H and O–H groups in total. The van der Waals surface area contributed by atoms with Crippen molar-refractivity contribution in [2.75, 3.05) is 30.8 Å². The number of ether oxygens (including phenoxy) is 1. The number of carbonyl (C=O) groups excluding carboxylic acids is 4. The third-order valence-electron chi connectivity index (χ3n) is 5.80. The fraction of sp³-hybridized carbons (Fsp3) is 0.417. The van der Waals surface area contributed by atoms with Gasteiger partial charge in [-0.2, -0.15) is 0 Å². The molecule has 9 nitrogen and oxygen atoms in total. The van der Waals surface area contributed by atoms with Crippen LogP contribution >= 0.6 is 34.5 Å². The maximum atomic E-state index is 13.8. The van der Waals surface area contributed by atoms with E-state index in [0.29, 0.717) is 10.7 Å². The second-order valence-electron chi connectivity index (χ2n) is 9.52. The van der Waals surface area contributed by atoms with Crippen LogP contribution in [0.4, 0.5) is 15.5 Å². The number of benzene rings is 1. The van der Waals surface area contributed by atoms with Crippen LogP contribution in [0.25, 0.3) is 0 Å². The Morgan fingerprint density at radius 3 is 2.56 bits per heavy atom. The second kappa shape index (κ2) is 10.7. The van der Waals surface area contributed by atoms with Crippen LogP contribution in [0.1, 0.15) is 49.4 Å². The molecule has 2 heterocycles. The Balaban J connectivity index is 1.97. The molecule has 36 heavy (non-hydrogen) atoms. The number of amides is 4. The van der Waals surface area contributed by atoms with Crippen LogP contribution in [-0.2, 0) is 19.7 Å². The van der Waals surface area contributed by atoms with Crippen molar-refractivity contribution in [1.29, 1.82) is 0 Å². The highest BCUT2D eigenvalue weighted by Crippen LogP contribution is 2.38. The van der Waals surface area contributed by atoms with E-state index in [4.69, 9.17) is 27.9 Å². The van der Waals surface area contributed by atoms with Crippen molar-refractivity contribution in [2.24, 2.45) is 0 Å². The lowest BCUT2D eigenvalue weighted by Gasteiger charge is -2.43. The molecule has 1 aromatic carbocycles. The summed E-state index contributed by atoms with van der Waals surface area (Å²) >= 11 is 13.5. The molecule has 1 fully saturated rings. The largest absolute Gasteiger partial charge is 0.469 e. The highest BCUT2D eigenvalue weighted by Gasteiger charge is 2.47. The summed E-state index contributed by atoms with van der Waals surface area (Å²) in [7, 11) is 1.22. The van der Waals surface area contributed by atoms with Crippen molar-refractivity contribution in [3.8, 4) is 0 Å². The van der Waals surface area contributed by atoms with Gasteiger partial charge in [0.1, 0.15) is 10.5 Å². The van der Waals surface area contributed by atoms with E-state index >= 15 is 0 Å². The average Bonchev–Trinajstić information content (AvgIpc) is 3.22. The molecule has 1 aliphatic rings. The molecule has 0 bridgehead atoms. The number of carbonyl (C=O) groups is 4. The molecular weight excluding hydrogens is 527 g/mol. The van der Waals surface area contributed by atoms with Gasteiger partial charge in [-0.3, -0.25) is 19.7 Å². The molecule has 1 atom stereocenters. The highest BCUT2D eigenvalue weighted by atomic mass is 35.5. The van der Waals surface area contributed by atoms with E-state index in [1.165, 1.54) is 30.3 Å². The fourth-order valence-electron chi connectivity index (χ4n) is 3.71. The molecule has 0 aliphatic carbocycles. The molecule has 1 aromatic heterocycles. The van der Waals surface area contributed by atoms with Crippen molar-refractivity contribution in [1.82, 2.24) is 10.2 Å². The van der Waals surface area contributed by atoms with Crippen LogP contribution in [0.2, 0.25) is 10.0 Å². The van der Waals surface area contributed by atoms with Gasteiger partial charge in [-0.1, -0.05) is 50.0 Å². The first-order valence-electron chi connectivity index (χ1n) is 11.1. The van der Waals surface area contributed by atoms with Gasteiger partial charge in [0.25, 0.3) is 5.91 Å². The Morgan fingerprint density at radius 1 is 1.22 bits per heavy atom. The number of rotatable bonds is 5. The molecule has 2 aromatic rings. The number of anilines is 2. The first kappa shape index (κ1) is 27.8. The predicted molar refractivity (Wildman–Crippen MR) is 141 cm³/mol. The van der Waals surface area contributed by atoms with E-state index in [2.05, 4.69) is 16.0 Å². The number of urea groups is 1. The number of piperazine rings is 1. The van der Waals surface area contributed by atoms with E-state index in [1.54, 1.807) is 24.3 Å². The van der Waals surface area contributed by atoms with Gasteiger partial charge in [-0.25, -0.2) is 4.79 Å². The summed E-state index contributed by atoms with van der Waals surface area (Å²) in [5.74, 6) is -1.56. The van der Waals surface area contributed by atoms with Crippen LogP contribution in [0.5, 0.6) is 0 Å². The van der Waals surface area contributed by atoms with Gasteiger partial charge in [0.2, 0.25) is 5.91 Å². The number of halogens is 2. The summed E-state index contributed by atoms with van der Waals surface area (Å²) in [6.07, 6.45) is -0.312. The van der Waals surface area contributed by atoms with Crippen LogP contribution in [0.15, 0.2) is 24.3 Å². The third kappa shape index (κ3) is 5.77. The fourth-order valence-corrected chi connectivity index (χ4v) is 5.16. The molecule has 4 amide bonds. The lowest BCUT2D eigenvalue weighted by atomic mass is 9.90. The molecule has 0 radical (unpaired) electrons. The molecule has 3 rings (SSSR count). The highest BCUT2D eigenvalue weighted by molar-refractivity contribution is 7.16. The minimum Gasteiger partial charge on any atom is -0.469 e. The Labute approximate surface area is 223 Å². The topological polar surface area (TPSA) is 117 Å². The molecular formula is C24H28Cl2N4O5S. The van der Waals surface area contributed by atoms with Crippen LogP contribution in [-0.4, -0.2) is 54.5 Å². The van der Waals surface area contributed by atoms with Crippen LogP contribution < -0.4 is 16.0 Å². The molecule has 12 heteroatoms. The van der Waals surface area contributed by atoms with Gasteiger partial charge in [0.15, 0.2) is 0 Å². The summed E-state index contributed by atoms with van der Waals surface area (Å²) < 4.78 is 4.76. The maximum absolute atomic E-state index is 13.8. The Kier molecular flexibility index (Phi) is 8.22. The van der Waals surface area contributed by atoms with E-state index in [1.807, 2.05) is 20.8 Å².